The van der Waals surface area contributed by atoms with Crippen molar-refractivity contribution in [2.24, 2.45) is 0 Å². The monoisotopic (exact) mass is 266 g/mol. The van der Waals surface area contributed by atoms with Crippen molar-refractivity contribution in [2.45, 2.75) is 18.0 Å². The van der Waals surface area contributed by atoms with Crippen molar-refractivity contribution in [3.05, 3.63) is 23.9 Å². The van der Waals surface area contributed by atoms with Crippen molar-refractivity contribution in [2.75, 3.05) is 19.6 Å². The molecule has 1 aromatic rings. The standard InChI is InChI=1S/C11H14N4O2S/c1-9-8-15(6-5-13-9)18(16,17)11-10(7-12)3-2-4-14-11/h2-4,9,13H,5-6,8H2,1H3/t9-/m1/s1. The van der Waals surface area contributed by atoms with Gasteiger partial charge in [0.2, 0.25) is 0 Å². The SMILES string of the molecule is C[C@@H]1CN(S(=O)(=O)c2ncccc2C#N)CCN1. The van der Waals surface area contributed by atoms with Crippen molar-refractivity contribution < 1.29 is 8.42 Å². The van der Waals surface area contributed by atoms with Crippen LogP contribution in [-0.4, -0.2) is 43.4 Å². The minimum Gasteiger partial charge on any atom is -0.312 e. The van der Waals surface area contributed by atoms with Crippen molar-refractivity contribution in [3.63, 3.8) is 0 Å². The number of hydrogen-bond acceptors (Lipinski definition) is 5. The van der Waals surface area contributed by atoms with Crippen LogP contribution in [0.5, 0.6) is 0 Å². The van der Waals surface area contributed by atoms with Gasteiger partial charge in [-0.05, 0) is 19.1 Å². The molecule has 1 saturated heterocycles. The summed E-state index contributed by atoms with van der Waals surface area (Å²) < 4.78 is 26.2. The van der Waals surface area contributed by atoms with Gasteiger partial charge in [-0.1, -0.05) is 0 Å². The van der Waals surface area contributed by atoms with E-state index in [2.05, 4.69) is 10.3 Å². The number of nitriles is 1. The molecule has 0 aliphatic carbocycles. The Morgan fingerprint density at radius 1 is 1.61 bits per heavy atom. The Kier molecular flexibility index (Phi) is 3.61. The third kappa shape index (κ3) is 2.36. The van der Waals surface area contributed by atoms with Crippen LogP contribution in [0, 0.1) is 11.3 Å². The first-order valence-corrected chi connectivity index (χ1v) is 7.08. The average molecular weight is 266 g/mol. The van der Waals surface area contributed by atoms with Crippen LogP contribution in [0.25, 0.3) is 0 Å². The molecule has 0 unspecified atom stereocenters. The van der Waals surface area contributed by atoms with Crippen LogP contribution in [-0.2, 0) is 10.0 Å². The molecule has 6 nitrogen and oxygen atoms in total. The first kappa shape index (κ1) is 13.0. The van der Waals surface area contributed by atoms with Crippen LogP contribution in [0.4, 0.5) is 0 Å². The molecular weight excluding hydrogens is 252 g/mol. The fourth-order valence-corrected chi connectivity index (χ4v) is 3.50. The number of hydrogen-bond donors (Lipinski definition) is 1. The second-order valence-electron chi connectivity index (χ2n) is 4.19. The van der Waals surface area contributed by atoms with E-state index in [0.717, 1.165) is 0 Å². The summed E-state index contributed by atoms with van der Waals surface area (Å²) in [4.78, 5) is 3.85. The molecule has 1 atom stereocenters. The lowest BCUT2D eigenvalue weighted by Crippen LogP contribution is -2.51. The second-order valence-corrected chi connectivity index (χ2v) is 6.04. The van der Waals surface area contributed by atoms with E-state index < -0.39 is 10.0 Å². The summed E-state index contributed by atoms with van der Waals surface area (Å²) in [5.41, 5.74) is 0.0867. The predicted molar refractivity (Wildman–Crippen MR) is 65.2 cm³/mol. The van der Waals surface area contributed by atoms with Gasteiger partial charge in [-0.2, -0.15) is 9.57 Å². The third-order valence-electron chi connectivity index (χ3n) is 2.81. The maximum absolute atomic E-state index is 12.4. The van der Waals surface area contributed by atoms with Gasteiger partial charge in [-0.3, -0.25) is 0 Å². The molecule has 1 fully saturated rings. The second kappa shape index (κ2) is 5.02. The Labute approximate surface area is 106 Å². The fourth-order valence-electron chi connectivity index (χ4n) is 1.92. The number of nitrogens with one attached hydrogen (secondary N) is 1. The molecule has 1 aliphatic rings. The maximum Gasteiger partial charge on any atom is 0.261 e. The minimum atomic E-state index is -3.68. The molecule has 1 aliphatic heterocycles. The predicted octanol–water partition coefficient (Wildman–Crippen LogP) is -0.0643. The zero-order chi connectivity index (χ0) is 13.2. The highest BCUT2D eigenvalue weighted by molar-refractivity contribution is 7.89. The van der Waals surface area contributed by atoms with Gasteiger partial charge in [-0.25, -0.2) is 13.4 Å². The van der Waals surface area contributed by atoms with E-state index in [1.807, 2.05) is 13.0 Å². The van der Waals surface area contributed by atoms with E-state index in [1.165, 1.54) is 16.6 Å². The van der Waals surface area contributed by atoms with E-state index in [0.29, 0.717) is 19.6 Å². The molecular formula is C11H14N4O2S. The van der Waals surface area contributed by atoms with Crippen LogP contribution >= 0.6 is 0 Å². The Balaban J connectivity index is 2.39. The molecule has 2 rings (SSSR count). The lowest BCUT2D eigenvalue weighted by atomic mass is 10.3. The molecule has 0 saturated carbocycles. The molecule has 0 radical (unpaired) electrons. The highest BCUT2D eigenvalue weighted by Crippen LogP contribution is 2.18. The molecule has 0 amide bonds. The smallest absolute Gasteiger partial charge is 0.261 e. The van der Waals surface area contributed by atoms with Gasteiger partial charge >= 0.3 is 0 Å². The zero-order valence-corrected chi connectivity index (χ0v) is 10.8. The van der Waals surface area contributed by atoms with Crippen LogP contribution in [0.15, 0.2) is 23.4 Å². The van der Waals surface area contributed by atoms with Crippen molar-refractivity contribution in [1.29, 1.82) is 5.26 Å². The van der Waals surface area contributed by atoms with Crippen LogP contribution in [0.1, 0.15) is 12.5 Å². The fraction of sp³-hybridized carbons (Fsp3) is 0.455. The van der Waals surface area contributed by atoms with Crippen LogP contribution in [0.3, 0.4) is 0 Å². The summed E-state index contributed by atoms with van der Waals surface area (Å²) >= 11 is 0. The van der Waals surface area contributed by atoms with E-state index in [-0.39, 0.29) is 16.6 Å². The molecule has 2 heterocycles. The number of nitrogens with zero attached hydrogens (tertiary/aromatic N) is 3. The molecule has 0 bridgehead atoms. The molecule has 0 aromatic carbocycles. The average Bonchev–Trinajstić information content (AvgIpc) is 2.38. The Hall–Kier alpha value is -1.49. The third-order valence-corrected chi connectivity index (χ3v) is 4.63. The molecule has 1 N–H and O–H groups in total. The van der Waals surface area contributed by atoms with Crippen molar-refractivity contribution >= 4 is 10.0 Å². The Morgan fingerprint density at radius 3 is 3.06 bits per heavy atom. The number of sulfonamides is 1. The van der Waals surface area contributed by atoms with E-state index in [9.17, 15) is 8.42 Å². The van der Waals surface area contributed by atoms with Crippen molar-refractivity contribution in [1.82, 2.24) is 14.6 Å². The maximum atomic E-state index is 12.4. The van der Waals surface area contributed by atoms with E-state index in [4.69, 9.17) is 5.26 Å². The summed E-state index contributed by atoms with van der Waals surface area (Å²) in [5.74, 6) is 0. The highest BCUT2D eigenvalue weighted by Gasteiger charge is 2.31. The minimum absolute atomic E-state index is 0.0867. The number of pyridine rings is 1. The summed E-state index contributed by atoms with van der Waals surface area (Å²) in [6, 6.07) is 4.99. The highest BCUT2D eigenvalue weighted by atomic mass is 32.2. The van der Waals surface area contributed by atoms with Gasteiger partial charge in [0.05, 0.1) is 5.56 Å². The van der Waals surface area contributed by atoms with Crippen molar-refractivity contribution in [3.8, 4) is 6.07 Å². The quantitative estimate of drug-likeness (QED) is 0.810. The lowest BCUT2D eigenvalue weighted by molar-refractivity contribution is 0.309. The molecule has 1 aromatic heterocycles. The normalized spacial score (nSPS) is 21.4. The summed E-state index contributed by atoms with van der Waals surface area (Å²) in [6.45, 7) is 3.32. The van der Waals surface area contributed by atoms with E-state index in [1.54, 1.807) is 6.07 Å². The van der Waals surface area contributed by atoms with Gasteiger partial charge in [0.1, 0.15) is 6.07 Å². The topological polar surface area (TPSA) is 86.1 Å². The van der Waals surface area contributed by atoms with Gasteiger partial charge in [0.15, 0.2) is 5.03 Å². The number of aromatic nitrogens is 1. The first-order chi connectivity index (χ1) is 8.55. The lowest BCUT2D eigenvalue weighted by Gasteiger charge is -2.30. The zero-order valence-electron chi connectivity index (χ0n) is 10.00. The van der Waals surface area contributed by atoms with Gasteiger partial charge in [-0.15, -0.1) is 0 Å². The molecule has 0 spiro atoms. The largest absolute Gasteiger partial charge is 0.312 e. The summed E-state index contributed by atoms with van der Waals surface area (Å²) in [6.07, 6.45) is 1.39. The van der Waals surface area contributed by atoms with Gasteiger partial charge < -0.3 is 5.32 Å². The Morgan fingerprint density at radius 2 is 2.39 bits per heavy atom. The first-order valence-electron chi connectivity index (χ1n) is 5.64. The van der Waals surface area contributed by atoms with E-state index >= 15 is 0 Å². The summed E-state index contributed by atoms with van der Waals surface area (Å²) in [5, 5.41) is 12.0. The molecule has 96 valence electrons. The van der Waals surface area contributed by atoms with Crippen LogP contribution in [0.2, 0.25) is 0 Å². The van der Waals surface area contributed by atoms with Gasteiger partial charge in [0, 0.05) is 31.9 Å². The number of rotatable bonds is 2. The van der Waals surface area contributed by atoms with Crippen LogP contribution < -0.4 is 5.32 Å². The number of piperazine rings is 1. The molecule has 18 heavy (non-hydrogen) atoms. The Bertz CT molecular complexity index is 579. The summed E-state index contributed by atoms with van der Waals surface area (Å²) in [7, 11) is -3.68. The van der Waals surface area contributed by atoms with Gasteiger partial charge in [0.25, 0.3) is 10.0 Å². The molecule has 7 heteroatoms.